The number of halogens is 1. The predicted molar refractivity (Wildman–Crippen MR) is 75.2 cm³/mol. The van der Waals surface area contributed by atoms with Crippen LogP contribution >= 0.6 is 15.9 Å². The maximum atomic E-state index is 11.4. The van der Waals surface area contributed by atoms with Gasteiger partial charge < -0.3 is 9.84 Å². The fourth-order valence-electron chi connectivity index (χ4n) is 1.67. The van der Waals surface area contributed by atoms with Crippen molar-refractivity contribution >= 4 is 21.7 Å². The van der Waals surface area contributed by atoms with Gasteiger partial charge in [-0.05, 0) is 32.4 Å². The average Bonchev–Trinajstić information content (AvgIpc) is 2.28. The number of alkyl halides is 1. The van der Waals surface area contributed by atoms with E-state index in [0.717, 1.165) is 5.56 Å². The van der Waals surface area contributed by atoms with E-state index < -0.39 is 6.10 Å². The molecule has 0 fully saturated rings. The highest BCUT2D eigenvalue weighted by atomic mass is 79.9. The summed E-state index contributed by atoms with van der Waals surface area (Å²) in [5, 5.41) is 9.28. The molecule has 3 atom stereocenters. The highest BCUT2D eigenvalue weighted by molar-refractivity contribution is 9.09. The Morgan fingerprint density at radius 3 is 2.61 bits per heavy atom. The Hall–Kier alpha value is -0.710. The van der Waals surface area contributed by atoms with Crippen molar-refractivity contribution in [1.29, 1.82) is 0 Å². The van der Waals surface area contributed by atoms with Crippen LogP contribution in [0.2, 0.25) is 0 Å². The van der Waals surface area contributed by atoms with E-state index in [1.54, 1.807) is 19.9 Å². The molecule has 1 N–H and O–H groups in total. The molecule has 1 rings (SSSR count). The maximum absolute atomic E-state index is 11.4. The van der Waals surface area contributed by atoms with E-state index in [1.165, 1.54) is 0 Å². The van der Waals surface area contributed by atoms with Crippen molar-refractivity contribution in [2.75, 3.05) is 6.61 Å². The molecule has 0 aliphatic carbocycles. The molecule has 1 aromatic carbocycles. The Morgan fingerprint density at radius 2 is 2.11 bits per heavy atom. The van der Waals surface area contributed by atoms with E-state index in [0.29, 0.717) is 5.56 Å². The minimum absolute atomic E-state index is 0.0355. The van der Waals surface area contributed by atoms with Crippen molar-refractivity contribution in [3.63, 3.8) is 0 Å². The Labute approximate surface area is 116 Å². The van der Waals surface area contributed by atoms with Crippen LogP contribution in [0.1, 0.15) is 42.8 Å². The van der Waals surface area contributed by atoms with Gasteiger partial charge in [-0.2, -0.15) is 0 Å². The van der Waals surface area contributed by atoms with Crippen molar-refractivity contribution in [1.82, 2.24) is 0 Å². The number of rotatable bonds is 6. The summed E-state index contributed by atoms with van der Waals surface area (Å²) in [6, 6.07) is 7.40. The first-order valence-electron chi connectivity index (χ1n) is 5.96. The van der Waals surface area contributed by atoms with Crippen molar-refractivity contribution in [2.45, 2.75) is 37.8 Å². The third kappa shape index (κ3) is 4.52. The lowest BCUT2D eigenvalue weighted by Gasteiger charge is -2.22. The second-order valence-corrected chi connectivity index (χ2v) is 5.91. The van der Waals surface area contributed by atoms with E-state index in [4.69, 9.17) is 4.74 Å². The van der Waals surface area contributed by atoms with Crippen LogP contribution in [0, 0.1) is 0 Å². The van der Waals surface area contributed by atoms with Gasteiger partial charge in [0.15, 0.2) is 5.78 Å². The normalized spacial score (nSPS) is 16.1. The van der Waals surface area contributed by atoms with Gasteiger partial charge >= 0.3 is 0 Å². The highest BCUT2D eigenvalue weighted by Gasteiger charge is 2.19. The van der Waals surface area contributed by atoms with Gasteiger partial charge in [0.05, 0.1) is 18.8 Å². The fraction of sp³-hybridized carbons (Fsp3) is 0.500. The number of hydrogen-bond donors (Lipinski definition) is 1. The van der Waals surface area contributed by atoms with Crippen molar-refractivity contribution < 1.29 is 14.6 Å². The lowest BCUT2D eigenvalue weighted by Crippen LogP contribution is -2.19. The van der Waals surface area contributed by atoms with Gasteiger partial charge in [-0.15, -0.1) is 0 Å². The summed E-state index contributed by atoms with van der Waals surface area (Å²) in [4.78, 5) is 11.5. The molecule has 0 bridgehead atoms. The summed E-state index contributed by atoms with van der Waals surface area (Å²) in [6.45, 7) is 5.47. The number of hydrogen-bond acceptors (Lipinski definition) is 3. The molecular weight excluding hydrogens is 296 g/mol. The van der Waals surface area contributed by atoms with Crippen LogP contribution in [0.5, 0.6) is 0 Å². The number of ether oxygens (including phenoxy) is 1. The summed E-state index contributed by atoms with van der Waals surface area (Å²) in [5.74, 6) is 0.0355. The molecule has 0 saturated carbocycles. The summed E-state index contributed by atoms with van der Waals surface area (Å²) in [5.41, 5.74) is 1.61. The van der Waals surface area contributed by atoms with Crippen LogP contribution in [-0.2, 0) is 4.74 Å². The third-order valence-electron chi connectivity index (χ3n) is 2.56. The summed E-state index contributed by atoms with van der Waals surface area (Å²) < 4.78 is 5.68. The topological polar surface area (TPSA) is 46.5 Å². The van der Waals surface area contributed by atoms with Gasteiger partial charge in [0.2, 0.25) is 0 Å². The molecule has 0 saturated heterocycles. The van der Waals surface area contributed by atoms with Crippen molar-refractivity contribution in [3.8, 4) is 0 Å². The molecule has 100 valence electrons. The molecule has 0 spiro atoms. The Kier molecular flexibility index (Phi) is 5.99. The molecule has 0 aliphatic rings. The molecule has 4 heteroatoms. The van der Waals surface area contributed by atoms with Crippen LogP contribution in [0.15, 0.2) is 24.3 Å². The second kappa shape index (κ2) is 7.02. The van der Waals surface area contributed by atoms with E-state index in [-0.39, 0.29) is 23.3 Å². The van der Waals surface area contributed by atoms with Crippen LogP contribution in [0.25, 0.3) is 0 Å². The van der Waals surface area contributed by atoms with Crippen LogP contribution < -0.4 is 0 Å². The lowest BCUT2D eigenvalue weighted by atomic mass is 10.0. The van der Waals surface area contributed by atoms with E-state index in [9.17, 15) is 9.90 Å². The lowest BCUT2D eigenvalue weighted by molar-refractivity contribution is -0.00212. The SMILES string of the molecule is CC(=O)c1cccc(C(OCC(C)O)C(C)Br)c1. The smallest absolute Gasteiger partial charge is 0.159 e. The molecular formula is C14H19BrO3. The maximum Gasteiger partial charge on any atom is 0.159 e. The summed E-state index contributed by atoms with van der Waals surface area (Å²) in [6.07, 6.45) is -0.686. The van der Waals surface area contributed by atoms with Crippen LogP contribution in [0.4, 0.5) is 0 Å². The van der Waals surface area contributed by atoms with Crippen LogP contribution in [0.3, 0.4) is 0 Å². The van der Waals surface area contributed by atoms with E-state index in [1.807, 2.05) is 25.1 Å². The van der Waals surface area contributed by atoms with Gasteiger partial charge in [-0.1, -0.05) is 34.1 Å². The number of aliphatic hydroxyl groups is 1. The summed E-state index contributed by atoms with van der Waals surface area (Å²) >= 11 is 3.50. The number of carbonyl (C=O) groups is 1. The predicted octanol–water partition coefficient (Wildman–Crippen LogP) is 3.11. The monoisotopic (exact) mass is 314 g/mol. The number of carbonyl (C=O) groups excluding carboxylic acids is 1. The van der Waals surface area contributed by atoms with E-state index in [2.05, 4.69) is 15.9 Å². The zero-order valence-corrected chi connectivity index (χ0v) is 12.5. The second-order valence-electron chi connectivity index (χ2n) is 4.46. The first-order valence-corrected chi connectivity index (χ1v) is 6.88. The van der Waals surface area contributed by atoms with Gasteiger partial charge in [0.25, 0.3) is 0 Å². The molecule has 0 heterocycles. The van der Waals surface area contributed by atoms with E-state index >= 15 is 0 Å². The zero-order valence-electron chi connectivity index (χ0n) is 10.9. The molecule has 0 radical (unpaired) electrons. The van der Waals surface area contributed by atoms with Gasteiger partial charge in [0, 0.05) is 10.4 Å². The molecule has 18 heavy (non-hydrogen) atoms. The van der Waals surface area contributed by atoms with Gasteiger partial charge in [-0.25, -0.2) is 0 Å². The summed E-state index contributed by atoms with van der Waals surface area (Å²) in [7, 11) is 0. The standard InChI is InChI=1S/C14H19BrO3/c1-9(16)8-18-14(10(2)15)13-6-4-5-12(7-13)11(3)17/h4-7,9-10,14,16H,8H2,1-3H3. The highest BCUT2D eigenvalue weighted by Crippen LogP contribution is 2.27. The first kappa shape index (κ1) is 15.3. The quantitative estimate of drug-likeness (QED) is 0.648. The molecule has 3 unspecified atom stereocenters. The largest absolute Gasteiger partial charge is 0.391 e. The Bertz CT molecular complexity index is 402. The van der Waals surface area contributed by atoms with Gasteiger partial charge in [0.1, 0.15) is 0 Å². The molecule has 0 aliphatic heterocycles. The Balaban J connectivity index is 2.91. The number of benzene rings is 1. The van der Waals surface area contributed by atoms with Crippen molar-refractivity contribution in [2.24, 2.45) is 0 Å². The minimum Gasteiger partial charge on any atom is -0.391 e. The van der Waals surface area contributed by atoms with Crippen LogP contribution in [-0.4, -0.2) is 28.4 Å². The minimum atomic E-state index is -0.505. The number of Topliss-reactive ketones (excluding diaryl/α,β-unsaturated/α-hetero) is 1. The number of ketones is 1. The molecule has 3 nitrogen and oxygen atoms in total. The average molecular weight is 315 g/mol. The zero-order chi connectivity index (χ0) is 13.7. The molecule has 1 aromatic rings. The molecule has 0 aromatic heterocycles. The van der Waals surface area contributed by atoms with Crippen molar-refractivity contribution in [3.05, 3.63) is 35.4 Å². The molecule has 0 amide bonds. The fourth-order valence-corrected chi connectivity index (χ4v) is 2.13. The van der Waals surface area contributed by atoms with Gasteiger partial charge in [-0.3, -0.25) is 4.79 Å². The third-order valence-corrected chi connectivity index (χ3v) is 3.04. The Morgan fingerprint density at radius 1 is 1.44 bits per heavy atom. The first-order chi connectivity index (χ1) is 8.41. The number of aliphatic hydroxyl groups excluding tert-OH is 1.